The number of carbonyl (C=O) groups excluding carboxylic acids is 4. The largest absolute Gasteiger partial charge is 0.481 e. The number of carboxylic acid groups (broad SMARTS) is 3. The summed E-state index contributed by atoms with van der Waals surface area (Å²) < 4.78 is 0. The Morgan fingerprint density at radius 1 is 0.703 bits per heavy atom. The Morgan fingerprint density at radius 2 is 1.24 bits per heavy atom. The van der Waals surface area contributed by atoms with Crippen LogP contribution in [0.15, 0.2) is 4.99 Å². The molecular weight excluding hydrogens is 500 g/mol. The third-order valence-corrected chi connectivity index (χ3v) is 4.62. The highest BCUT2D eigenvalue weighted by Gasteiger charge is 2.32. The number of aliphatic carboxylic acids is 3. The summed E-state index contributed by atoms with van der Waals surface area (Å²) in [4.78, 5) is 85.9. The Kier molecular flexibility index (Phi) is 14.3. The van der Waals surface area contributed by atoms with E-state index in [-0.39, 0.29) is 25.3 Å². The predicted molar refractivity (Wildman–Crippen MR) is 124 cm³/mol. The third-order valence-electron chi connectivity index (χ3n) is 4.62. The second-order valence-electron chi connectivity index (χ2n) is 7.78. The maximum atomic E-state index is 12.7. The number of rotatable bonds is 18. The highest BCUT2D eigenvalue weighted by atomic mass is 16.4. The molecule has 0 aliphatic rings. The summed E-state index contributed by atoms with van der Waals surface area (Å²) in [6.45, 7) is 0.163. The molecule has 18 heteroatoms. The first-order valence-electron chi connectivity index (χ1n) is 10.8. The lowest BCUT2D eigenvalue weighted by molar-refractivity contribution is -0.144. The van der Waals surface area contributed by atoms with Crippen LogP contribution in [0.1, 0.15) is 38.5 Å². The molecule has 37 heavy (non-hydrogen) atoms. The number of guanidine groups is 1. The van der Waals surface area contributed by atoms with Crippen LogP contribution in [0.3, 0.4) is 0 Å². The van der Waals surface area contributed by atoms with Crippen LogP contribution in [0, 0.1) is 0 Å². The number of nitrogens with two attached hydrogens (primary N) is 4. The van der Waals surface area contributed by atoms with Crippen LogP contribution in [-0.2, 0) is 33.6 Å². The van der Waals surface area contributed by atoms with Crippen molar-refractivity contribution in [2.75, 3.05) is 6.54 Å². The zero-order chi connectivity index (χ0) is 28.7. The van der Waals surface area contributed by atoms with Crippen LogP contribution in [0.2, 0.25) is 0 Å². The van der Waals surface area contributed by atoms with Gasteiger partial charge in [0, 0.05) is 13.0 Å². The summed E-state index contributed by atoms with van der Waals surface area (Å²) in [5, 5.41) is 33.4. The number of primary amides is 1. The molecule has 208 valence electrons. The predicted octanol–water partition coefficient (Wildman–Crippen LogP) is -4.88. The second-order valence-corrected chi connectivity index (χ2v) is 7.78. The van der Waals surface area contributed by atoms with Gasteiger partial charge in [0.2, 0.25) is 23.6 Å². The van der Waals surface area contributed by atoms with Gasteiger partial charge in [0.15, 0.2) is 5.96 Å². The van der Waals surface area contributed by atoms with Gasteiger partial charge < -0.3 is 54.2 Å². The van der Waals surface area contributed by atoms with E-state index in [2.05, 4.69) is 15.6 Å². The van der Waals surface area contributed by atoms with E-state index in [9.17, 15) is 33.6 Å². The normalized spacial score (nSPS) is 13.6. The van der Waals surface area contributed by atoms with Crippen LogP contribution in [0.5, 0.6) is 0 Å². The van der Waals surface area contributed by atoms with Crippen molar-refractivity contribution in [1.82, 2.24) is 16.0 Å². The van der Waals surface area contributed by atoms with E-state index in [0.717, 1.165) is 0 Å². The van der Waals surface area contributed by atoms with Crippen molar-refractivity contribution < 1.29 is 48.9 Å². The summed E-state index contributed by atoms with van der Waals surface area (Å²) in [6.07, 6.45) is -2.54. The van der Waals surface area contributed by atoms with Gasteiger partial charge in [-0.25, -0.2) is 4.79 Å². The molecule has 0 radical (unpaired) electrons. The van der Waals surface area contributed by atoms with Crippen LogP contribution in [0.25, 0.3) is 0 Å². The summed E-state index contributed by atoms with van der Waals surface area (Å²) in [5.41, 5.74) is 21.1. The van der Waals surface area contributed by atoms with Crippen LogP contribution in [0.4, 0.5) is 0 Å². The summed E-state index contributed by atoms with van der Waals surface area (Å²) in [5.74, 6) is -8.97. The van der Waals surface area contributed by atoms with Crippen molar-refractivity contribution in [2.24, 2.45) is 27.9 Å². The highest BCUT2D eigenvalue weighted by Crippen LogP contribution is 2.04. The molecule has 18 nitrogen and oxygen atoms in total. The second kappa shape index (κ2) is 16.2. The average molecular weight is 533 g/mol. The minimum absolute atomic E-state index is 0.0735. The van der Waals surface area contributed by atoms with Gasteiger partial charge in [-0.2, -0.15) is 0 Å². The maximum absolute atomic E-state index is 12.7. The molecule has 0 bridgehead atoms. The van der Waals surface area contributed by atoms with Crippen molar-refractivity contribution in [3.63, 3.8) is 0 Å². The van der Waals surface area contributed by atoms with Gasteiger partial charge in [-0.1, -0.05) is 0 Å². The Hall–Kier alpha value is -4.48. The minimum atomic E-state index is -1.78. The van der Waals surface area contributed by atoms with E-state index in [1.807, 2.05) is 5.32 Å². The van der Waals surface area contributed by atoms with Crippen molar-refractivity contribution >= 4 is 47.5 Å². The first kappa shape index (κ1) is 32.5. The number of amides is 4. The number of hydrogen-bond acceptors (Lipinski definition) is 9. The molecule has 0 spiro atoms. The van der Waals surface area contributed by atoms with Gasteiger partial charge >= 0.3 is 17.9 Å². The number of carboxylic acids is 3. The Labute approximate surface area is 210 Å². The quantitative estimate of drug-likeness (QED) is 0.0450. The lowest BCUT2D eigenvalue weighted by Crippen LogP contribution is -2.57. The molecule has 0 aromatic carbocycles. The van der Waals surface area contributed by atoms with Crippen LogP contribution < -0.4 is 38.9 Å². The van der Waals surface area contributed by atoms with Gasteiger partial charge in [0.1, 0.15) is 18.1 Å². The van der Waals surface area contributed by atoms with Crippen molar-refractivity contribution in [1.29, 1.82) is 0 Å². The van der Waals surface area contributed by atoms with E-state index in [4.69, 9.17) is 38.3 Å². The molecular formula is C19H32N8O10. The number of nitrogens with one attached hydrogen (secondary N) is 3. The molecule has 4 atom stereocenters. The molecule has 0 saturated carbocycles. The van der Waals surface area contributed by atoms with Gasteiger partial charge in [-0.15, -0.1) is 0 Å². The zero-order valence-electron chi connectivity index (χ0n) is 19.7. The van der Waals surface area contributed by atoms with Gasteiger partial charge in [0.05, 0.1) is 18.9 Å². The topological polar surface area (TPSA) is 333 Å². The van der Waals surface area contributed by atoms with E-state index < -0.39 is 91.4 Å². The molecule has 4 unspecified atom stereocenters. The average Bonchev–Trinajstić information content (AvgIpc) is 2.76. The van der Waals surface area contributed by atoms with Crippen LogP contribution in [-0.4, -0.2) is 93.5 Å². The van der Waals surface area contributed by atoms with Crippen molar-refractivity contribution in [2.45, 2.75) is 62.7 Å². The molecule has 4 amide bonds. The molecule has 14 N–H and O–H groups in total. The Balaban J connectivity index is 5.52. The minimum Gasteiger partial charge on any atom is -0.481 e. The van der Waals surface area contributed by atoms with Gasteiger partial charge in [-0.3, -0.25) is 33.8 Å². The van der Waals surface area contributed by atoms with Gasteiger partial charge in [0.25, 0.3) is 0 Å². The first-order valence-corrected chi connectivity index (χ1v) is 10.8. The fourth-order valence-electron chi connectivity index (χ4n) is 2.80. The molecule has 0 rings (SSSR count). The number of nitrogens with zero attached hydrogens (tertiary/aromatic N) is 1. The molecule has 0 heterocycles. The van der Waals surface area contributed by atoms with Crippen LogP contribution >= 0.6 is 0 Å². The maximum Gasteiger partial charge on any atom is 0.326 e. The van der Waals surface area contributed by atoms with Gasteiger partial charge in [-0.05, 0) is 19.3 Å². The molecule has 0 aromatic heterocycles. The molecule has 0 aliphatic heterocycles. The van der Waals surface area contributed by atoms with E-state index in [0.29, 0.717) is 0 Å². The summed E-state index contributed by atoms with van der Waals surface area (Å²) in [6, 6.07) is -6.34. The highest BCUT2D eigenvalue weighted by molar-refractivity contribution is 5.96. The number of carbonyl (C=O) groups is 7. The fraction of sp³-hybridized carbons (Fsp3) is 0.579. The molecule has 0 saturated heterocycles. The number of hydrogen-bond donors (Lipinski definition) is 10. The standard InChI is InChI=1S/C19H32N8O10/c20-8(2-1-5-24-19(22)23)15(33)26-10(7-14(31)32)17(35)25-9(3-4-13(29)30)16(34)27-11(18(36)37)6-12(21)28/h8-11H,1-7,20H2,(H2,21,28)(H,25,35)(H,26,33)(H,27,34)(H,29,30)(H,31,32)(H,36,37)(H4,22,23,24). The SMILES string of the molecule is NC(=O)CC(NC(=O)C(CCC(=O)O)NC(=O)C(CC(=O)O)NC(=O)C(N)CCCN=C(N)N)C(=O)O. The third kappa shape index (κ3) is 14.5. The smallest absolute Gasteiger partial charge is 0.326 e. The van der Waals surface area contributed by atoms with Crippen molar-refractivity contribution in [3.05, 3.63) is 0 Å². The first-order chi connectivity index (χ1) is 17.1. The number of aliphatic imine (C=N–C) groups is 1. The van der Waals surface area contributed by atoms with E-state index in [1.54, 1.807) is 0 Å². The lowest BCUT2D eigenvalue weighted by Gasteiger charge is -2.24. The molecule has 0 aromatic rings. The van der Waals surface area contributed by atoms with E-state index in [1.165, 1.54) is 0 Å². The zero-order valence-corrected chi connectivity index (χ0v) is 19.7. The van der Waals surface area contributed by atoms with Crippen molar-refractivity contribution in [3.8, 4) is 0 Å². The fourth-order valence-corrected chi connectivity index (χ4v) is 2.80. The lowest BCUT2D eigenvalue weighted by atomic mass is 10.1. The summed E-state index contributed by atoms with van der Waals surface area (Å²) in [7, 11) is 0. The van der Waals surface area contributed by atoms with E-state index >= 15 is 0 Å². The Morgan fingerprint density at radius 3 is 1.73 bits per heavy atom. The Bertz CT molecular complexity index is 905. The molecule has 0 aliphatic carbocycles. The summed E-state index contributed by atoms with van der Waals surface area (Å²) >= 11 is 0. The monoisotopic (exact) mass is 532 g/mol. The molecule has 0 fully saturated rings.